The summed E-state index contributed by atoms with van der Waals surface area (Å²) in [7, 11) is 0. The van der Waals surface area contributed by atoms with Gasteiger partial charge in [0.1, 0.15) is 0 Å². The Morgan fingerprint density at radius 2 is 1.50 bits per heavy atom. The van der Waals surface area contributed by atoms with Crippen molar-refractivity contribution in [3.8, 4) is 0 Å². The minimum atomic E-state index is 1.23. The van der Waals surface area contributed by atoms with E-state index >= 15 is 0 Å². The highest BCUT2D eigenvalue weighted by Gasteiger charge is 2.02. The average Bonchev–Trinajstić information content (AvgIpc) is 2.25. The fraction of sp³-hybridized carbons (Fsp3) is 0.600. The lowest BCUT2D eigenvalue weighted by atomic mass is 10.0. The second kappa shape index (κ2) is 7.11. The number of aryl methyl sites for hydroxylation is 3. The predicted octanol–water partition coefficient (Wildman–Crippen LogP) is 5.58. The van der Waals surface area contributed by atoms with Gasteiger partial charge in [-0.3, -0.25) is 0 Å². The summed E-state index contributed by atoms with van der Waals surface area (Å²) in [4.78, 5) is 0. The van der Waals surface area contributed by atoms with Crippen molar-refractivity contribution in [2.75, 3.05) is 0 Å². The van der Waals surface area contributed by atoms with Crippen LogP contribution in [0, 0.1) is 13.8 Å². The molecule has 0 heterocycles. The maximum atomic E-state index is 3.62. The largest absolute Gasteiger partial charge is 0.0654 e. The third kappa shape index (κ3) is 4.29. The number of hydrogen-bond acceptors (Lipinski definition) is 0. The van der Waals surface area contributed by atoms with Crippen LogP contribution in [0.3, 0.4) is 0 Å². The van der Waals surface area contributed by atoms with Gasteiger partial charge in [0.05, 0.1) is 0 Å². The Bertz CT molecular complexity index is 305. The molecule has 0 spiro atoms. The summed E-state index contributed by atoms with van der Waals surface area (Å²) in [6, 6.07) is 4.63. The van der Waals surface area contributed by atoms with Crippen LogP contribution in [0.25, 0.3) is 0 Å². The molecule has 0 aliphatic rings. The van der Waals surface area contributed by atoms with Crippen molar-refractivity contribution in [3.05, 3.63) is 33.3 Å². The van der Waals surface area contributed by atoms with E-state index in [2.05, 4.69) is 48.8 Å². The first-order chi connectivity index (χ1) is 7.65. The van der Waals surface area contributed by atoms with Crippen molar-refractivity contribution in [3.63, 3.8) is 0 Å². The highest BCUT2D eigenvalue weighted by atomic mass is 79.9. The molecule has 0 radical (unpaired) electrons. The molecule has 0 atom stereocenters. The van der Waals surface area contributed by atoms with Gasteiger partial charge in [0, 0.05) is 4.47 Å². The van der Waals surface area contributed by atoms with Gasteiger partial charge in [-0.05, 0) is 43.4 Å². The van der Waals surface area contributed by atoms with Gasteiger partial charge in [0.2, 0.25) is 0 Å². The molecule has 0 fully saturated rings. The van der Waals surface area contributed by atoms with E-state index in [1.165, 1.54) is 59.7 Å². The van der Waals surface area contributed by atoms with E-state index < -0.39 is 0 Å². The van der Waals surface area contributed by atoms with Crippen LogP contribution in [0.4, 0.5) is 0 Å². The van der Waals surface area contributed by atoms with E-state index in [9.17, 15) is 0 Å². The molecule has 1 rings (SSSR count). The molecule has 0 amide bonds. The monoisotopic (exact) mass is 282 g/mol. The summed E-state index contributed by atoms with van der Waals surface area (Å²) in [5.41, 5.74) is 4.22. The lowest BCUT2D eigenvalue weighted by molar-refractivity contribution is 0.632. The first kappa shape index (κ1) is 13.8. The molecule has 0 nitrogen and oxygen atoms in total. The third-order valence-corrected chi connectivity index (χ3v) is 4.32. The molecular formula is C15H23Br. The lowest BCUT2D eigenvalue weighted by Crippen LogP contribution is -1.90. The second-order valence-corrected chi connectivity index (χ2v) is 5.50. The maximum absolute atomic E-state index is 3.62. The minimum Gasteiger partial charge on any atom is -0.0654 e. The van der Waals surface area contributed by atoms with Gasteiger partial charge >= 0.3 is 0 Å². The fourth-order valence-electron chi connectivity index (χ4n) is 2.11. The van der Waals surface area contributed by atoms with E-state index in [4.69, 9.17) is 0 Å². The van der Waals surface area contributed by atoms with Gasteiger partial charge in [-0.1, -0.05) is 60.7 Å². The maximum Gasteiger partial charge on any atom is 0.0233 e. The molecule has 16 heavy (non-hydrogen) atoms. The molecule has 0 saturated carbocycles. The summed E-state index contributed by atoms with van der Waals surface area (Å²) >= 11 is 3.62. The quantitative estimate of drug-likeness (QED) is 0.598. The van der Waals surface area contributed by atoms with Crippen molar-refractivity contribution in [2.45, 2.75) is 59.3 Å². The third-order valence-electron chi connectivity index (χ3n) is 3.07. The van der Waals surface area contributed by atoms with E-state index in [-0.39, 0.29) is 0 Å². The zero-order valence-electron chi connectivity index (χ0n) is 10.8. The van der Waals surface area contributed by atoms with Crippen molar-refractivity contribution in [1.29, 1.82) is 0 Å². The molecule has 0 aromatic heterocycles. The summed E-state index contributed by atoms with van der Waals surface area (Å²) in [6.07, 6.45) is 8.06. The SMILES string of the molecule is CCCCCCCc1cc(C)c(Br)c(C)c1. The molecule has 0 aliphatic carbocycles. The van der Waals surface area contributed by atoms with Crippen molar-refractivity contribution < 1.29 is 0 Å². The van der Waals surface area contributed by atoms with Crippen LogP contribution in [-0.2, 0) is 6.42 Å². The normalized spacial score (nSPS) is 10.8. The average molecular weight is 283 g/mol. The molecule has 0 saturated heterocycles. The Morgan fingerprint density at radius 1 is 0.938 bits per heavy atom. The number of halogens is 1. The molecular weight excluding hydrogens is 260 g/mol. The highest BCUT2D eigenvalue weighted by molar-refractivity contribution is 9.10. The number of unbranched alkanes of at least 4 members (excludes halogenated alkanes) is 4. The summed E-state index contributed by atoms with van der Waals surface area (Å²) in [6.45, 7) is 6.62. The van der Waals surface area contributed by atoms with E-state index in [0.717, 1.165) is 0 Å². The van der Waals surface area contributed by atoms with Crippen LogP contribution in [0.2, 0.25) is 0 Å². The Labute approximate surface area is 109 Å². The molecule has 1 aromatic rings. The van der Waals surface area contributed by atoms with Gasteiger partial charge in [-0.15, -0.1) is 0 Å². The minimum absolute atomic E-state index is 1.23. The van der Waals surface area contributed by atoms with Crippen molar-refractivity contribution in [2.24, 2.45) is 0 Å². The summed E-state index contributed by atoms with van der Waals surface area (Å²) < 4.78 is 1.27. The van der Waals surface area contributed by atoms with Gasteiger partial charge in [0.15, 0.2) is 0 Å². The highest BCUT2D eigenvalue weighted by Crippen LogP contribution is 2.23. The van der Waals surface area contributed by atoms with Crippen LogP contribution in [-0.4, -0.2) is 0 Å². The molecule has 90 valence electrons. The standard InChI is InChI=1S/C15H23Br/c1-4-5-6-7-8-9-14-10-12(2)15(16)13(3)11-14/h10-11H,4-9H2,1-3H3. The number of hydrogen-bond donors (Lipinski definition) is 0. The van der Waals surface area contributed by atoms with Crippen LogP contribution >= 0.6 is 15.9 Å². The topological polar surface area (TPSA) is 0 Å². The van der Waals surface area contributed by atoms with E-state index in [1.54, 1.807) is 0 Å². The first-order valence-electron chi connectivity index (χ1n) is 6.40. The molecule has 0 N–H and O–H groups in total. The summed E-state index contributed by atoms with van der Waals surface area (Å²) in [5.74, 6) is 0. The van der Waals surface area contributed by atoms with Crippen LogP contribution < -0.4 is 0 Å². The van der Waals surface area contributed by atoms with Gasteiger partial charge in [-0.25, -0.2) is 0 Å². The molecule has 0 bridgehead atoms. The van der Waals surface area contributed by atoms with E-state index in [0.29, 0.717) is 0 Å². The van der Waals surface area contributed by atoms with Crippen LogP contribution in [0.15, 0.2) is 16.6 Å². The number of rotatable bonds is 6. The zero-order valence-corrected chi connectivity index (χ0v) is 12.4. The van der Waals surface area contributed by atoms with Crippen LogP contribution in [0.5, 0.6) is 0 Å². The second-order valence-electron chi connectivity index (χ2n) is 4.71. The molecule has 1 aromatic carbocycles. The van der Waals surface area contributed by atoms with Crippen molar-refractivity contribution >= 4 is 15.9 Å². The van der Waals surface area contributed by atoms with Gasteiger partial charge in [0.25, 0.3) is 0 Å². The fourth-order valence-corrected chi connectivity index (χ4v) is 2.34. The summed E-state index contributed by atoms with van der Waals surface area (Å²) in [5, 5.41) is 0. The predicted molar refractivity (Wildman–Crippen MR) is 76.1 cm³/mol. The Morgan fingerprint density at radius 3 is 2.06 bits per heavy atom. The smallest absolute Gasteiger partial charge is 0.0233 e. The lowest BCUT2D eigenvalue weighted by Gasteiger charge is -2.08. The van der Waals surface area contributed by atoms with Gasteiger partial charge in [-0.2, -0.15) is 0 Å². The Kier molecular flexibility index (Phi) is 6.12. The van der Waals surface area contributed by atoms with E-state index in [1.807, 2.05) is 0 Å². The molecule has 0 unspecified atom stereocenters. The Balaban J connectivity index is 2.43. The molecule has 0 aliphatic heterocycles. The van der Waals surface area contributed by atoms with Crippen LogP contribution in [0.1, 0.15) is 55.7 Å². The number of benzene rings is 1. The Hall–Kier alpha value is -0.300. The first-order valence-corrected chi connectivity index (χ1v) is 7.20. The van der Waals surface area contributed by atoms with Gasteiger partial charge < -0.3 is 0 Å². The van der Waals surface area contributed by atoms with Crippen molar-refractivity contribution in [1.82, 2.24) is 0 Å². The zero-order chi connectivity index (χ0) is 12.0. The molecule has 1 heteroatoms.